The van der Waals surface area contributed by atoms with Crippen molar-refractivity contribution >= 4 is 21.7 Å². The molecule has 0 aliphatic rings. The van der Waals surface area contributed by atoms with Gasteiger partial charge < -0.3 is 10.1 Å². The van der Waals surface area contributed by atoms with Crippen LogP contribution in [0, 0.1) is 0 Å². The minimum absolute atomic E-state index is 0.0947. The monoisotopic (exact) mass is 389 g/mol. The second-order valence-electron chi connectivity index (χ2n) is 6.34. The van der Waals surface area contributed by atoms with E-state index < -0.39 is 21.9 Å². The van der Waals surface area contributed by atoms with Crippen molar-refractivity contribution in [2.75, 3.05) is 12.8 Å². The van der Waals surface area contributed by atoms with Gasteiger partial charge in [-0.1, -0.05) is 42.5 Å². The maximum atomic E-state index is 12.1. The Morgan fingerprint density at radius 1 is 1.00 bits per heavy atom. The van der Waals surface area contributed by atoms with Crippen LogP contribution in [0.4, 0.5) is 0 Å². The van der Waals surface area contributed by atoms with Crippen molar-refractivity contribution < 1.29 is 22.7 Å². The van der Waals surface area contributed by atoms with Gasteiger partial charge in [0.05, 0.1) is 11.3 Å². The van der Waals surface area contributed by atoms with Crippen molar-refractivity contribution in [2.45, 2.75) is 25.2 Å². The predicted octanol–water partition coefficient (Wildman–Crippen LogP) is 2.14. The number of benzene rings is 2. The molecule has 0 radical (unpaired) electrons. The van der Waals surface area contributed by atoms with E-state index in [1.54, 1.807) is 12.1 Å². The summed E-state index contributed by atoms with van der Waals surface area (Å²) in [5.74, 6) is -1.10. The van der Waals surface area contributed by atoms with Gasteiger partial charge in [-0.25, -0.2) is 13.2 Å². The molecule has 0 aromatic heterocycles. The lowest BCUT2D eigenvalue weighted by Crippen LogP contribution is -2.36. The van der Waals surface area contributed by atoms with Crippen LogP contribution < -0.4 is 5.32 Å². The Kier molecular flexibility index (Phi) is 7.12. The third kappa shape index (κ3) is 7.22. The van der Waals surface area contributed by atoms with Crippen LogP contribution in [0.2, 0.25) is 0 Å². The third-order valence-corrected chi connectivity index (χ3v) is 4.68. The molecule has 0 aliphatic carbocycles. The van der Waals surface area contributed by atoms with Crippen molar-refractivity contribution in [3.05, 3.63) is 71.3 Å². The molecular formula is C20H23NO5S. The van der Waals surface area contributed by atoms with Gasteiger partial charge in [0.15, 0.2) is 15.9 Å². The number of ether oxygens (including phenoxy) is 1. The van der Waals surface area contributed by atoms with Gasteiger partial charge in [0.25, 0.3) is 5.91 Å². The SMILES string of the molecule is C[C@H](OC(=O)c1ccc(CS(C)(=O)=O)cc1)C(=O)NCCc1ccccc1. The number of nitrogens with one attached hydrogen (secondary N) is 1. The third-order valence-electron chi connectivity index (χ3n) is 3.83. The van der Waals surface area contributed by atoms with E-state index in [1.807, 2.05) is 30.3 Å². The molecule has 6 nitrogen and oxygen atoms in total. The molecule has 0 aliphatic heterocycles. The predicted molar refractivity (Wildman–Crippen MR) is 103 cm³/mol. The number of hydrogen-bond donors (Lipinski definition) is 1. The molecule has 0 bridgehead atoms. The van der Waals surface area contributed by atoms with E-state index in [2.05, 4.69) is 5.32 Å². The second kappa shape index (κ2) is 9.32. The van der Waals surface area contributed by atoms with E-state index in [-0.39, 0.29) is 17.2 Å². The maximum absolute atomic E-state index is 12.1. The molecule has 0 heterocycles. The van der Waals surface area contributed by atoms with E-state index >= 15 is 0 Å². The first-order valence-electron chi connectivity index (χ1n) is 8.54. The molecule has 1 N–H and O–H groups in total. The summed E-state index contributed by atoms with van der Waals surface area (Å²) in [6.45, 7) is 1.96. The highest BCUT2D eigenvalue weighted by Crippen LogP contribution is 2.10. The molecule has 1 atom stereocenters. The fourth-order valence-electron chi connectivity index (χ4n) is 2.44. The fraction of sp³-hybridized carbons (Fsp3) is 0.300. The van der Waals surface area contributed by atoms with Crippen LogP contribution >= 0.6 is 0 Å². The van der Waals surface area contributed by atoms with E-state index in [9.17, 15) is 18.0 Å². The molecule has 27 heavy (non-hydrogen) atoms. The molecule has 0 fully saturated rings. The molecule has 0 saturated heterocycles. The molecule has 0 unspecified atom stereocenters. The molecule has 7 heteroatoms. The first-order chi connectivity index (χ1) is 12.7. The highest BCUT2D eigenvalue weighted by Gasteiger charge is 2.18. The summed E-state index contributed by atoms with van der Waals surface area (Å²) < 4.78 is 27.7. The number of sulfone groups is 1. The van der Waals surface area contributed by atoms with Gasteiger partial charge >= 0.3 is 5.97 Å². The molecular weight excluding hydrogens is 366 g/mol. The zero-order chi connectivity index (χ0) is 19.9. The van der Waals surface area contributed by atoms with E-state index in [4.69, 9.17) is 4.74 Å². The Bertz CT molecular complexity index is 876. The zero-order valence-corrected chi connectivity index (χ0v) is 16.2. The van der Waals surface area contributed by atoms with Crippen LogP contribution in [-0.4, -0.2) is 39.2 Å². The van der Waals surface area contributed by atoms with Crippen molar-refractivity contribution in [2.24, 2.45) is 0 Å². The summed E-state index contributed by atoms with van der Waals surface area (Å²) in [5.41, 5.74) is 1.95. The lowest BCUT2D eigenvalue weighted by atomic mass is 10.1. The summed E-state index contributed by atoms with van der Waals surface area (Å²) >= 11 is 0. The number of carbonyl (C=O) groups is 2. The van der Waals surface area contributed by atoms with Crippen LogP contribution in [0.15, 0.2) is 54.6 Å². The normalized spacial score (nSPS) is 12.2. The van der Waals surface area contributed by atoms with Crippen LogP contribution in [0.3, 0.4) is 0 Å². The Morgan fingerprint density at radius 3 is 2.22 bits per heavy atom. The fourth-order valence-corrected chi connectivity index (χ4v) is 3.24. The van der Waals surface area contributed by atoms with Crippen LogP contribution in [0.1, 0.15) is 28.4 Å². The highest BCUT2D eigenvalue weighted by atomic mass is 32.2. The molecule has 2 aromatic carbocycles. The van der Waals surface area contributed by atoms with Crippen LogP contribution in [0.25, 0.3) is 0 Å². The number of rotatable bonds is 8. The van der Waals surface area contributed by atoms with Gasteiger partial charge in [0.1, 0.15) is 0 Å². The number of hydrogen-bond acceptors (Lipinski definition) is 5. The highest BCUT2D eigenvalue weighted by molar-refractivity contribution is 7.89. The van der Waals surface area contributed by atoms with Crippen molar-refractivity contribution in [3.63, 3.8) is 0 Å². The number of carbonyl (C=O) groups excluding carboxylic acids is 2. The standard InChI is InChI=1S/C20H23NO5S/c1-15(19(22)21-13-12-16-6-4-3-5-7-16)26-20(23)18-10-8-17(9-11-18)14-27(2,24)25/h3-11,15H,12-14H2,1-2H3,(H,21,22)/t15-/m0/s1. The molecule has 0 saturated carbocycles. The Labute approximate surface area is 159 Å². The second-order valence-corrected chi connectivity index (χ2v) is 8.48. The topological polar surface area (TPSA) is 89.5 Å². The minimum Gasteiger partial charge on any atom is -0.449 e. The van der Waals surface area contributed by atoms with Crippen molar-refractivity contribution in [1.82, 2.24) is 5.32 Å². The van der Waals surface area contributed by atoms with E-state index in [1.165, 1.54) is 19.1 Å². The van der Waals surface area contributed by atoms with Crippen molar-refractivity contribution in [3.8, 4) is 0 Å². The van der Waals surface area contributed by atoms with E-state index in [0.717, 1.165) is 11.8 Å². The van der Waals surface area contributed by atoms with E-state index in [0.29, 0.717) is 18.5 Å². The summed E-state index contributed by atoms with van der Waals surface area (Å²) in [7, 11) is -3.14. The van der Waals surface area contributed by atoms with Crippen LogP contribution in [0.5, 0.6) is 0 Å². The average Bonchev–Trinajstić information content (AvgIpc) is 2.61. The van der Waals surface area contributed by atoms with Gasteiger partial charge in [-0.3, -0.25) is 4.79 Å². The first kappa shape index (κ1) is 20.6. The number of amides is 1. The van der Waals surface area contributed by atoms with Gasteiger partial charge in [-0.15, -0.1) is 0 Å². The Balaban J connectivity index is 1.82. The van der Waals surface area contributed by atoms with Gasteiger partial charge in [-0.05, 0) is 36.6 Å². The Morgan fingerprint density at radius 2 is 1.63 bits per heavy atom. The maximum Gasteiger partial charge on any atom is 0.338 e. The lowest BCUT2D eigenvalue weighted by Gasteiger charge is -2.13. The van der Waals surface area contributed by atoms with Gasteiger partial charge in [0, 0.05) is 12.8 Å². The zero-order valence-electron chi connectivity index (χ0n) is 15.3. The number of esters is 1. The molecule has 2 rings (SSSR count). The largest absolute Gasteiger partial charge is 0.449 e. The summed E-state index contributed by atoms with van der Waals surface area (Å²) in [5, 5.41) is 2.74. The molecule has 1 amide bonds. The summed E-state index contributed by atoms with van der Waals surface area (Å²) in [6.07, 6.45) is 0.909. The van der Waals surface area contributed by atoms with Gasteiger partial charge in [0.2, 0.25) is 0 Å². The molecule has 0 spiro atoms. The van der Waals surface area contributed by atoms with Crippen LogP contribution in [-0.2, 0) is 31.5 Å². The summed E-state index contributed by atoms with van der Waals surface area (Å²) in [6, 6.07) is 15.8. The van der Waals surface area contributed by atoms with Gasteiger partial charge in [-0.2, -0.15) is 0 Å². The average molecular weight is 389 g/mol. The summed E-state index contributed by atoms with van der Waals surface area (Å²) in [4.78, 5) is 24.2. The molecule has 144 valence electrons. The molecule has 2 aromatic rings. The lowest BCUT2D eigenvalue weighted by molar-refractivity contribution is -0.129. The smallest absolute Gasteiger partial charge is 0.338 e. The Hall–Kier alpha value is -2.67. The van der Waals surface area contributed by atoms with Crippen molar-refractivity contribution in [1.29, 1.82) is 0 Å². The minimum atomic E-state index is -3.14. The first-order valence-corrected chi connectivity index (χ1v) is 10.6. The quantitative estimate of drug-likeness (QED) is 0.699.